The molecule has 5 rings (SSSR count). The van der Waals surface area contributed by atoms with Gasteiger partial charge in [-0.2, -0.15) is 0 Å². The number of amidine groups is 1. The van der Waals surface area contributed by atoms with E-state index in [0.29, 0.717) is 11.3 Å². The van der Waals surface area contributed by atoms with Crippen molar-refractivity contribution >= 4 is 81.0 Å². The Kier molecular flexibility index (Phi) is 11.3. The third kappa shape index (κ3) is 8.08. The van der Waals surface area contributed by atoms with Crippen molar-refractivity contribution in [2.75, 3.05) is 37.8 Å². The molecule has 0 aliphatic carbocycles. The highest BCUT2D eigenvalue weighted by molar-refractivity contribution is 8.00. The van der Waals surface area contributed by atoms with Gasteiger partial charge in [0.2, 0.25) is 6.10 Å². The summed E-state index contributed by atoms with van der Waals surface area (Å²) in [5.74, 6) is -5.34. The number of carbonyl (C=O) groups is 5. The van der Waals surface area contributed by atoms with E-state index < -0.39 is 58.6 Å². The smallest absolute Gasteiger partial charge is 0.352 e. The van der Waals surface area contributed by atoms with Gasteiger partial charge in [-0.15, -0.1) is 11.8 Å². The number of aliphatic imine (C=N–C) groups is 1. The molecule has 3 amide bonds. The zero-order valence-electron chi connectivity index (χ0n) is 26.9. The highest BCUT2D eigenvalue weighted by Gasteiger charge is 2.54. The average molecular weight is 779 g/mol. The Labute approximate surface area is 306 Å². The Morgan fingerprint density at radius 1 is 1.17 bits per heavy atom. The molecule has 2 aromatic rings. The van der Waals surface area contributed by atoms with Crippen LogP contribution >= 0.6 is 34.7 Å². The Bertz CT molecular complexity index is 1950. The van der Waals surface area contributed by atoms with Crippen molar-refractivity contribution in [2.24, 2.45) is 15.9 Å². The van der Waals surface area contributed by atoms with Crippen LogP contribution in [0.25, 0.3) is 0 Å². The molecule has 11 N–H and O–H groups in total. The molecule has 0 spiro atoms. The minimum atomic E-state index is -1.44. The van der Waals surface area contributed by atoms with E-state index in [9.17, 15) is 39.3 Å². The van der Waals surface area contributed by atoms with Crippen LogP contribution in [0, 0.1) is 0 Å². The number of hydrogen-bond donors (Lipinski definition) is 9. The Balaban J connectivity index is 1.23. The van der Waals surface area contributed by atoms with Crippen LogP contribution in [-0.2, 0) is 24.0 Å². The van der Waals surface area contributed by atoms with Crippen molar-refractivity contribution in [3.05, 3.63) is 57.0 Å². The van der Waals surface area contributed by atoms with Crippen LogP contribution in [-0.4, -0.2) is 126 Å². The van der Waals surface area contributed by atoms with Gasteiger partial charge in [0.25, 0.3) is 17.7 Å². The van der Waals surface area contributed by atoms with E-state index in [1.165, 1.54) is 30.8 Å². The van der Waals surface area contributed by atoms with Crippen LogP contribution in [0.3, 0.4) is 0 Å². The maximum Gasteiger partial charge on any atom is 0.352 e. The molecule has 4 heterocycles. The molecule has 1 aromatic heterocycles. The number of phenolic OH excluding ortho intramolecular Hbond substituents is 2. The third-order valence-corrected chi connectivity index (χ3v) is 10.0. The van der Waals surface area contributed by atoms with Crippen molar-refractivity contribution in [3.63, 3.8) is 0 Å². The average Bonchev–Trinajstić information content (AvgIpc) is 3.44. The second-order valence-electron chi connectivity index (χ2n) is 11.2. The largest absolute Gasteiger partial charge is 0.504 e. The summed E-state index contributed by atoms with van der Waals surface area (Å²) in [6.07, 6.45) is 0.191. The number of aromatic nitrogens is 1. The van der Waals surface area contributed by atoms with Gasteiger partial charge in [-0.3, -0.25) is 19.3 Å². The number of anilines is 1. The Morgan fingerprint density at radius 2 is 1.92 bits per heavy atom. The van der Waals surface area contributed by atoms with E-state index in [2.05, 4.69) is 31.1 Å². The number of halogens is 1. The molecule has 1 saturated heterocycles. The van der Waals surface area contributed by atoms with Crippen LogP contribution in [0.1, 0.15) is 23.0 Å². The van der Waals surface area contributed by atoms with E-state index >= 15 is 0 Å². The molecule has 3 aliphatic rings. The quantitative estimate of drug-likeness (QED) is 0.0373. The van der Waals surface area contributed by atoms with Crippen LogP contribution in [0.15, 0.2) is 51.5 Å². The molecule has 23 heteroatoms. The van der Waals surface area contributed by atoms with Crippen molar-refractivity contribution in [1.82, 2.24) is 30.7 Å². The number of thioether (sulfide) groups is 1. The normalized spacial score (nSPS) is 19.1. The lowest BCUT2D eigenvalue weighted by molar-refractivity contribution is -0.150. The molecule has 52 heavy (non-hydrogen) atoms. The standard InChI is InChI=1S/C29H31ClN10O10S2/c1-11(27(46)47)50-38-18(17-21(30)52-29(32)37-17)24(44)36-19-25(45)40-20(28(48)49)13(9-51-26(19)40)7-39-8-14(22(31)35-10-39)33-4-5-34-23(43)12-2-3-15(41)16(42)6-12/h2-3,6,8,11,19,26,33,41-42H,4-5,7,9-10H2,1H3,(H2,31,35)(H2,32,37)(H,34,43)(H,36,44)(H,46,47)(H,48,49)/b38-18-/t11-,19+,26?/m0/s1. The monoisotopic (exact) mass is 778 g/mol. The van der Waals surface area contributed by atoms with Gasteiger partial charge in [0, 0.05) is 37.2 Å². The molecule has 0 radical (unpaired) electrons. The van der Waals surface area contributed by atoms with Crippen LogP contribution in [0.4, 0.5) is 5.13 Å². The second kappa shape index (κ2) is 15.7. The van der Waals surface area contributed by atoms with Crippen LogP contribution in [0.5, 0.6) is 11.5 Å². The first kappa shape index (κ1) is 37.5. The summed E-state index contributed by atoms with van der Waals surface area (Å²) < 4.78 is -0.0391. The Morgan fingerprint density at radius 3 is 2.58 bits per heavy atom. The van der Waals surface area contributed by atoms with Crippen molar-refractivity contribution in [1.29, 1.82) is 0 Å². The number of fused-ring (bicyclic) bond motifs is 1. The number of β-lactam (4-membered cyclic amide) rings is 1. The number of benzene rings is 1. The minimum Gasteiger partial charge on any atom is -0.504 e. The zero-order chi connectivity index (χ0) is 37.9. The van der Waals surface area contributed by atoms with Gasteiger partial charge < -0.3 is 57.6 Å². The van der Waals surface area contributed by atoms with Gasteiger partial charge >= 0.3 is 11.9 Å². The summed E-state index contributed by atoms with van der Waals surface area (Å²) >= 11 is 8.20. The predicted molar refractivity (Wildman–Crippen MR) is 187 cm³/mol. The summed E-state index contributed by atoms with van der Waals surface area (Å²) in [6, 6.07) is 2.50. The third-order valence-electron chi connectivity index (χ3n) is 7.60. The molecule has 1 fully saturated rings. The number of rotatable bonds is 14. The van der Waals surface area contributed by atoms with Gasteiger partial charge in [0.15, 0.2) is 22.3 Å². The number of carbonyl (C=O) groups excluding carboxylic acids is 3. The number of carboxylic acid groups (broad SMARTS) is 2. The van der Waals surface area contributed by atoms with Crippen LogP contribution < -0.4 is 27.4 Å². The topological polar surface area (TPSA) is 308 Å². The number of hydrogen-bond acceptors (Lipinski definition) is 17. The number of oxime groups is 1. The highest BCUT2D eigenvalue weighted by atomic mass is 35.5. The molecule has 276 valence electrons. The summed E-state index contributed by atoms with van der Waals surface area (Å²) in [6.45, 7) is 1.70. The van der Waals surface area contributed by atoms with E-state index in [1.54, 1.807) is 11.1 Å². The molecule has 3 aliphatic heterocycles. The number of nitrogens with zero attached hydrogens (tertiary/aromatic N) is 5. The summed E-state index contributed by atoms with van der Waals surface area (Å²) in [5, 5.41) is 49.4. The van der Waals surface area contributed by atoms with Crippen molar-refractivity contribution < 1.29 is 49.2 Å². The van der Waals surface area contributed by atoms with Gasteiger partial charge in [-0.1, -0.05) is 28.1 Å². The highest BCUT2D eigenvalue weighted by Crippen LogP contribution is 2.41. The van der Waals surface area contributed by atoms with E-state index in [4.69, 9.17) is 33.0 Å². The number of phenols is 2. The fourth-order valence-electron chi connectivity index (χ4n) is 5.01. The molecule has 1 aromatic carbocycles. The van der Waals surface area contributed by atoms with Crippen molar-refractivity contribution in [3.8, 4) is 11.5 Å². The fourth-order valence-corrected chi connectivity index (χ4v) is 7.27. The second-order valence-corrected chi connectivity index (χ2v) is 13.9. The first-order valence-corrected chi connectivity index (χ1v) is 17.3. The lowest BCUT2D eigenvalue weighted by Gasteiger charge is -2.49. The van der Waals surface area contributed by atoms with E-state index in [-0.39, 0.29) is 70.1 Å². The van der Waals surface area contributed by atoms with Gasteiger partial charge in [-0.25, -0.2) is 19.6 Å². The van der Waals surface area contributed by atoms with E-state index in [0.717, 1.165) is 22.3 Å². The molecule has 20 nitrogen and oxygen atoms in total. The van der Waals surface area contributed by atoms with Crippen molar-refractivity contribution in [2.45, 2.75) is 24.4 Å². The molecule has 1 unspecified atom stereocenters. The summed E-state index contributed by atoms with van der Waals surface area (Å²) in [7, 11) is 0. The number of aliphatic carboxylic acids is 2. The number of carboxylic acids is 2. The van der Waals surface area contributed by atoms with Crippen LogP contribution in [0.2, 0.25) is 4.34 Å². The maximum absolute atomic E-state index is 13.3. The number of nitrogens with one attached hydrogen (secondary N) is 3. The lowest BCUT2D eigenvalue weighted by atomic mass is 10.0. The van der Waals surface area contributed by atoms with Gasteiger partial charge in [0.1, 0.15) is 39.6 Å². The zero-order valence-corrected chi connectivity index (χ0v) is 29.3. The number of amides is 3. The van der Waals surface area contributed by atoms with Gasteiger partial charge in [-0.05, 0) is 30.7 Å². The first-order valence-electron chi connectivity index (χ1n) is 15.1. The Hall–Kier alpha value is -5.74. The maximum atomic E-state index is 13.3. The minimum absolute atomic E-state index is 0.0119. The number of thiazole rings is 1. The predicted octanol–water partition coefficient (Wildman–Crippen LogP) is -0.786. The number of aromatic hydroxyl groups is 2. The molecular formula is C29H31ClN10O10S2. The fraction of sp³-hybridized carbons (Fsp3) is 0.310. The molecule has 0 saturated carbocycles. The summed E-state index contributed by atoms with van der Waals surface area (Å²) in [5.41, 5.74) is 11.7. The molecule has 0 bridgehead atoms. The molecular weight excluding hydrogens is 748 g/mol. The molecule has 3 atom stereocenters. The SMILES string of the molecule is C[C@H](O/N=C(\C(=O)N[C@@H]1C(=O)N2C(C(=O)O)=C(CN3C=C(NCCNC(=O)c4ccc(O)c(O)c4)C(N)=NC3)CSC12)c1nc(N)sc1Cl)C(=O)O. The number of nitrogen functional groups attached to an aromatic ring is 1. The lowest BCUT2D eigenvalue weighted by Crippen LogP contribution is -2.71. The number of nitrogens with two attached hydrogens (primary N) is 2. The first-order chi connectivity index (χ1) is 24.7. The van der Waals surface area contributed by atoms with Gasteiger partial charge in [0.05, 0.1) is 5.70 Å². The summed E-state index contributed by atoms with van der Waals surface area (Å²) in [4.78, 5) is 78.6. The van der Waals surface area contributed by atoms with E-state index in [1.807, 2.05) is 0 Å².